The maximum atomic E-state index is 5.35. The topological polar surface area (TPSA) is 25.8 Å². The third-order valence-electron chi connectivity index (χ3n) is 13.2. The molecule has 0 amide bonds. The Balaban J connectivity index is 1.05. The molecule has 1 aromatic heterocycles. The van der Waals surface area contributed by atoms with Gasteiger partial charge in [0.1, 0.15) is 0 Å². The standard InChI is InChI=1S/C63H42N2/c1-5-18-43(19-6-1)45-32-36-47(37-33-45)58-42-59(48-38-34-46(35-39-48)44-20-7-2-8-21-44)65-62(64-58)51-24-17-23-49(40-51)56-41-50-22-13-14-29-54(50)61-60(56)55-30-15-16-31-57(55)63(61,52-25-9-3-10-26-52)53-27-11-4-12-28-53/h1-42H. The second-order valence-electron chi connectivity index (χ2n) is 16.9. The summed E-state index contributed by atoms with van der Waals surface area (Å²) in [5, 5.41) is 2.46. The van der Waals surface area contributed by atoms with Crippen LogP contribution in [0.1, 0.15) is 22.3 Å². The number of aromatic nitrogens is 2. The molecule has 1 aliphatic rings. The highest BCUT2D eigenvalue weighted by Gasteiger charge is 2.48. The van der Waals surface area contributed by atoms with Crippen LogP contribution >= 0.6 is 0 Å². The van der Waals surface area contributed by atoms with Gasteiger partial charge in [-0.25, -0.2) is 9.97 Å². The van der Waals surface area contributed by atoms with Gasteiger partial charge in [-0.15, -0.1) is 0 Å². The number of hydrogen-bond donors (Lipinski definition) is 0. The van der Waals surface area contributed by atoms with Crippen LogP contribution in [0.2, 0.25) is 0 Å². The molecule has 65 heavy (non-hydrogen) atoms. The van der Waals surface area contributed by atoms with Crippen molar-refractivity contribution in [3.05, 3.63) is 277 Å². The summed E-state index contributed by atoms with van der Waals surface area (Å²) in [4.78, 5) is 10.7. The van der Waals surface area contributed by atoms with Crippen LogP contribution in [0.3, 0.4) is 0 Å². The van der Waals surface area contributed by atoms with E-state index in [0.717, 1.165) is 33.6 Å². The Morgan fingerprint density at radius 1 is 0.292 bits per heavy atom. The Morgan fingerprint density at radius 3 is 1.32 bits per heavy atom. The molecule has 2 nitrogen and oxygen atoms in total. The largest absolute Gasteiger partial charge is 0.228 e. The van der Waals surface area contributed by atoms with Crippen molar-refractivity contribution in [2.24, 2.45) is 0 Å². The molecule has 304 valence electrons. The fourth-order valence-electron chi connectivity index (χ4n) is 10.2. The lowest BCUT2D eigenvalue weighted by atomic mass is 9.66. The number of rotatable bonds is 8. The van der Waals surface area contributed by atoms with Gasteiger partial charge in [-0.2, -0.15) is 0 Å². The summed E-state index contributed by atoms with van der Waals surface area (Å²) in [5.41, 5.74) is 18.9. The van der Waals surface area contributed by atoms with E-state index in [1.165, 1.54) is 72.0 Å². The van der Waals surface area contributed by atoms with Gasteiger partial charge in [0, 0.05) is 16.7 Å². The molecule has 0 unspecified atom stereocenters. The molecule has 2 heteroatoms. The molecule has 1 heterocycles. The smallest absolute Gasteiger partial charge is 0.160 e. The van der Waals surface area contributed by atoms with Gasteiger partial charge < -0.3 is 0 Å². The van der Waals surface area contributed by atoms with Gasteiger partial charge in [0.15, 0.2) is 5.82 Å². The van der Waals surface area contributed by atoms with E-state index in [1.54, 1.807) is 0 Å². The van der Waals surface area contributed by atoms with Crippen LogP contribution < -0.4 is 0 Å². The Morgan fingerprint density at radius 2 is 0.738 bits per heavy atom. The van der Waals surface area contributed by atoms with E-state index in [2.05, 4.69) is 255 Å². The summed E-state index contributed by atoms with van der Waals surface area (Å²) in [6.07, 6.45) is 0. The summed E-state index contributed by atoms with van der Waals surface area (Å²) >= 11 is 0. The van der Waals surface area contributed by atoms with E-state index in [0.29, 0.717) is 5.82 Å². The number of nitrogens with zero attached hydrogens (tertiary/aromatic N) is 2. The molecule has 0 bridgehead atoms. The van der Waals surface area contributed by atoms with E-state index >= 15 is 0 Å². The Hall–Kier alpha value is -8.46. The van der Waals surface area contributed by atoms with Crippen molar-refractivity contribution < 1.29 is 0 Å². The van der Waals surface area contributed by atoms with Crippen LogP contribution in [0, 0.1) is 0 Å². The first-order chi connectivity index (χ1) is 32.2. The molecule has 1 aliphatic carbocycles. The van der Waals surface area contributed by atoms with Crippen molar-refractivity contribution in [3.8, 4) is 78.4 Å². The summed E-state index contributed by atoms with van der Waals surface area (Å²) in [7, 11) is 0. The van der Waals surface area contributed by atoms with Crippen molar-refractivity contribution in [1.82, 2.24) is 9.97 Å². The fourth-order valence-corrected chi connectivity index (χ4v) is 10.2. The van der Waals surface area contributed by atoms with Gasteiger partial charge >= 0.3 is 0 Å². The van der Waals surface area contributed by atoms with Crippen molar-refractivity contribution in [1.29, 1.82) is 0 Å². The number of benzene rings is 10. The van der Waals surface area contributed by atoms with Gasteiger partial charge in [-0.1, -0.05) is 237 Å². The van der Waals surface area contributed by atoms with Gasteiger partial charge in [0.05, 0.1) is 16.8 Å². The lowest BCUT2D eigenvalue weighted by Gasteiger charge is -2.35. The third-order valence-corrected chi connectivity index (χ3v) is 13.2. The minimum atomic E-state index is -0.542. The van der Waals surface area contributed by atoms with Crippen LogP contribution in [0.15, 0.2) is 255 Å². The van der Waals surface area contributed by atoms with E-state index in [-0.39, 0.29) is 0 Å². The highest BCUT2D eigenvalue weighted by Crippen LogP contribution is 2.60. The predicted molar refractivity (Wildman–Crippen MR) is 269 cm³/mol. The van der Waals surface area contributed by atoms with Crippen molar-refractivity contribution in [2.45, 2.75) is 5.41 Å². The molecule has 10 aromatic carbocycles. The first-order valence-corrected chi connectivity index (χ1v) is 22.3. The molecule has 11 aromatic rings. The first-order valence-electron chi connectivity index (χ1n) is 22.3. The highest BCUT2D eigenvalue weighted by molar-refractivity contribution is 6.07. The van der Waals surface area contributed by atoms with Crippen LogP contribution in [-0.2, 0) is 5.41 Å². The molecule has 0 saturated heterocycles. The molecule has 0 N–H and O–H groups in total. The van der Waals surface area contributed by atoms with Crippen LogP contribution in [0.25, 0.3) is 89.2 Å². The van der Waals surface area contributed by atoms with Crippen molar-refractivity contribution in [3.63, 3.8) is 0 Å². The second-order valence-corrected chi connectivity index (χ2v) is 16.9. The van der Waals surface area contributed by atoms with E-state index in [1.807, 2.05) is 0 Å². The van der Waals surface area contributed by atoms with E-state index in [4.69, 9.17) is 9.97 Å². The van der Waals surface area contributed by atoms with Gasteiger partial charge in [-0.3, -0.25) is 0 Å². The summed E-state index contributed by atoms with van der Waals surface area (Å²) in [5.74, 6) is 0.680. The Labute approximate surface area is 379 Å². The van der Waals surface area contributed by atoms with Crippen molar-refractivity contribution >= 4 is 10.8 Å². The maximum Gasteiger partial charge on any atom is 0.160 e. The summed E-state index contributed by atoms with van der Waals surface area (Å²) in [6.45, 7) is 0. The van der Waals surface area contributed by atoms with Crippen LogP contribution in [0.5, 0.6) is 0 Å². The zero-order valence-electron chi connectivity index (χ0n) is 35.6. The average molecular weight is 827 g/mol. The quantitative estimate of drug-likeness (QED) is 0.152. The minimum absolute atomic E-state index is 0.542. The molecule has 0 atom stereocenters. The SMILES string of the molecule is c1ccc(-c2ccc(-c3cc(-c4ccc(-c5ccccc5)cc4)nc(-c4cccc(-c5cc6ccccc6c6c5-c5ccccc5C6(c5ccccc5)c5ccccc5)c4)n3)cc2)cc1. The van der Waals surface area contributed by atoms with E-state index < -0.39 is 5.41 Å². The van der Waals surface area contributed by atoms with Crippen LogP contribution in [0.4, 0.5) is 0 Å². The molecule has 0 radical (unpaired) electrons. The lowest BCUT2D eigenvalue weighted by Crippen LogP contribution is -2.28. The second kappa shape index (κ2) is 16.0. The molecule has 12 rings (SSSR count). The molecule has 0 saturated carbocycles. The first kappa shape index (κ1) is 38.2. The molecule has 0 aliphatic heterocycles. The average Bonchev–Trinajstić information content (AvgIpc) is 3.72. The lowest BCUT2D eigenvalue weighted by molar-refractivity contribution is 0.775. The van der Waals surface area contributed by atoms with Gasteiger partial charge in [-0.05, 0) is 95.7 Å². The zero-order valence-corrected chi connectivity index (χ0v) is 35.6. The van der Waals surface area contributed by atoms with Crippen LogP contribution in [-0.4, -0.2) is 9.97 Å². The molecule has 0 fully saturated rings. The summed E-state index contributed by atoms with van der Waals surface area (Å²) in [6, 6.07) is 91.9. The maximum absolute atomic E-state index is 5.35. The monoisotopic (exact) mass is 826 g/mol. The number of hydrogen-bond acceptors (Lipinski definition) is 2. The number of fused-ring (bicyclic) bond motifs is 5. The molecule has 0 spiro atoms. The fraction of sp³-hybridized carbons (Fsp3) is 0.0159. The Bertz CT molecular complexity index is 3350. The highest BCUT2D eigenvalue weighted by atomic mass is 14.9. The minimum Gasteiger partial charge on any atom is -0.228 e. The zero-order chi connectivity index (χ0) is 43.2. The van der Waals surface area contributed by atoms with Gasteiger partial charge in [0.2, 0.25) is 0 Å². The molecular formula is C63H42N2. The summed E-state index contributed by atoms with van der Waals surface area (Å²) < 4.78 is 0. The normalized spacial score (nSPS) is 12.4. The third kappa shape index (κ3) is 6.58. The van der Waals surface area contributed by atoms with E-state index in [9.17, 15) is 0 Å². The molecular weight excluding hydrogens is 785 g/mol. The Kier molecular flexibility index (Phi) is 9.43. The van der Waals surface area contributed by atoms with Gasteiger partial charge in [0.25, 0.3) is 0 Å². The van der Waals surface area contributed by atoms with Crippen molar-refractivity contribution in [2.75, 3.05) is 0 Å². The predicted octanol–water partition coefficient (Wildman–Crippen LogP) is 16.0.